The van der Waals surface area contributed by atoms with E-state index >= 15 is 0 Å². The first-order valence-electron chi connectivity index (χ1n) is 7.81. The van der Waals surface area contributed by atoms with Crippen molar-refractivity contribution in [2.24, 2.45) is 0 Å². The molecular formula is C16H23N3O4. The van der Waals surface area contributed by atoms with Gasteiger partial charge in [-0.3, -0.25) is 10.2 Å². The lowest BCUT2D eigenvalue weighted by Gasteiger charge is -2.17. The standard InChI is InChI=1S/C16H23N3O4/c1-2-3-11-9-13(19-18-11)15(21)17-14(16(22)23)8-10-4-6-12(20)7-5-10/h4-7,11,13-14,18-20H,2-3,8-9H2,1H3,(H,17,21)(H,22,23)/t11?,13?,14-/m0/s1. The first kappa shape index (κ1) is 17.2. The number of benzene rings is 1. The van der Waals surface area contributed by atoms with Crippen molar-refractivity contribution in [3.63, 3.8) is 0 Å². The molecule has 1 heterocycles. The van der Waals surface area contributed by atoms with Crippen LogP contribution in [0.25, 0.3) is 0 Å². The predicted octanol–water partition coefficient (Wildman–Crippen LogP) is 0.539. The number of hydrazine groups is 1. The van der Waals surface area contributed by atoms with Gasteiger partial charge >= 0.3 is 5.97 Å². The lowest BCUT2D eigenvalue weighted by molar-refractivity contribution is -0.142. The first-order valence-corrected chi connectivity index (χ1v) is 7.81. The maximum atomic E-state index is 12.2. The van der Waals surface area contributed by atoms with Crippen molar-refractivity contribution in [3.8, 4) is 5.75 Å². The molecule has 5 N–H and O–H groups in total. The monoisotopic (exact) mass is 321 g/mol. The average Bonchev–Trinajstić information content (AvgIpc) is 2.97. The summed E-state index contributed by atoms with van der Waals surface area (Å²) >= 11 is 0. The van der Waals surface area contributed by atoms with Gasteiger partial charge in [-0.2, -0.15) is 0 Å². The molecule has 23 heavy (non-hydrogen) atoms. The van der Waals surface area contributed by atoms with Crippen LogP contribution in [0, 0.1) is 0 Å². The molecule has 0 aliphatic carbocycles. The molecule has 3 atom stereocenters. The molecule has 0 radical (unpaired) electrons. The van der Waals surface area contributed by atoms with E-state index in [1.807, 2.05) is 0 Å². The van der Waals surface area contributed by atoms with Crippen molar-refractivity contribution in [2.75, 3.05) is 0 Å². The van der Waals surface area contributed by atoms with Crippen LogP contribution in [0.15, 0.2) is 24.3 Å². The summed E-state index contributed by atoms with van der Waals surface area (Å²) in [7, 11) is 0. The second kappa shape index (κ2) is 7.94. The topological polar surface area (TPSA) is 111 Å². The number of rotatable bonds is 7. The van der Waals surface area contributed by atoms with Gasteiger partial charge in [-0.15, -0.1) is 0 Å². The van der Waals surface area contributed by atoms with E-state index in [4.69, 9.17) is 0 Å². The van der Waals surface area contributed by atoms with Crippen LogP contribution in [-0.4, -0.2) is 40.2 Å². The van der Waals surface area contributed by atoms with E-state index in [2.05, 4.69) is 23.1 Å². The van der Waals surface area contributed by atoms with E-state index in [0.717, 1.165) is 18.4 Å². The van der Waals surface area contributed by atoms with Crippen LogP contribution in [0.5, 0.6) is 5.75 Å². The molecule has 1 saturated heterocycles. The molecule has 7 nitrogen and oxygen atoms in total. The van der Waals surface area contributed by atoms with Crippen LogP contribution in [0.1, 0.15) is 31.7 Å². The Kier molecular flexibility index (Phi) is 5.95. The maximum Gasteiger partial charge on any atom is 0.326 e. The second-order valence-corrected chi connectivity index (χ2v) is 5.83. The zero-order valence-electron chi connectivity index (χ0n) is 13.1. The fourth-order valence-corrected chi connectivity index (χ4v) is 2.67. The highest BCUT2D eigenvalue weighted by molar-refractivity contribution is 5.87. The number of carboxylic acid groups (broad SMARTS) is 1. The van der Waals surface area contributed by atoms with Gasteiger partial charge in [0.15, 0.2) is 0 Å². The highest BCUT2D eigenvalue weighted by atomic mass is 16.4. The molecule has 7 heteroatoms. The van der Waals surface area contributed by atoms with E-state index in [-0.39, 0.29) is 24.1 Å². The third kappa shape index (κ3) is 4.94. The largest absolute Gasteiger partial charge is 0.508 e. The number of hydrogen-bond donors (Lipinski definition) is 5. The number of carboxylic acids is 1. The molecule has 126 valence electrons. The summed E-state index contributed by atoms with van der Waals surface area (Å²) in [5.74, 6) is -1.28. The average molecular weight is 321 g/mol. The van der Waals surface area contributed by atoms with Gasteiger partial charge in [0.05, 0.1) is 0 Å². The Balaban J connectivity index is 1.92. The summed E-state index contributed by atoms with van der Waals surface area (Å²) in [4.78, 5) is 23.6. The molecule has 1 amide bonds. The fraction of sp³-hybridized carbons (Fsp3) is 0.500. The number of aliphatic carboxylic acids is 1. The van der Waals surface area contributed by atoms with Crippen molar-refractivity contribution in [1.82, 2.24) is 16.2 Å². The second-order valence-electron chi connectivity index (χ2n) is 5.83. The van der Waals surface area contributed by atoms with Gasteiger partial charge < -0.3 is 15.5 Å². The summed E-state index contributed by atoms with van der Waals surface area (Å²) in [6, 6.07) is 5.08. The van der Waals surface area contributed by atoms with Crippen molar-refractivity contribution in [1.29, 1.82) is 0 Å². The zero-order chi connectivity index (χ0) is 16.8. The highest BCUT2D eigenvalue weighted by Gasteiger charge is 2.31. The Morgan fingerprint density at radius 1 is 1.30 bits per heavy atom. The SMILES string of the molecule is CCCC1CC(C(=O)N[C@@H](Cc2ccc(O)cc2)C(=O)O)NN1. The molecule has 2 rings (SSSR count). The van der Waals surface area contributed by atoms with Gasteiger partial charge in [0, 0.05) is 12.5 Å². The number of hydrogen-bond acceptors (Lipinski definition) is 5. The van der Waals surface area contributed by atoms with Crippen molar-refractivity contribution in [3.05, 3.63) is 29.8 Å². The van der Waals surface area contributed by atoms with Crippen molar-refractivity contribution < 1.29 is 19.8 Å². The Morgan fingerprint density at radius 3 is 2.61 bits per heavy atom. The number of carbonyl (C=O) groups excluding carboxylic acids is 1. The van der Waals surface area contributed by atoms with Crippen molar-refractivity contribution >= 4 is 11.9 Å². The normalized spacial score (nSPS) is 21.8. The van der Waals surface area contributed by atoms with E-state index in [1.165, 1.54) is 12.1 Å². The summed E-state index contributed by atoms with van der Waals surface area (Å²) in [6.45, 7) is 2.08. The summed E-state index contributed by atoms with van der Waals surface area (Å²) < 4.78 is 0. The van der Waals surface area contributed by atoms with Gasteiger partial charge in [0.25, 0.3) is 0 Å². The molecule has 1 aromatic carbocycles. The van der Waals surface area contributed by atoms with E-state index < -0.39 is 18.1 Å². The molecular weight excluding hydrogens is 298 g/mol. The Hall–Kier alpha value is -2.12. The summed E-state index contributed by atoms with van der Waals surface area (Å²) in [5, 5.41) is 21.2. The lowest BCUT2D eigenvalue weighted by atomic mass is 10.0. The third-order valence-electron chi connectivity index (χ3n) is 3.93. The van der Waals surface area contributed by atoms with Crippen LogP contribution >= 0.6 is 0 Å². The number of carbonyl (C=O) groups is 2. The summed E-state index contributed by atoms with van der Waals surface area (Å²) in [6.07, 6.45) is 2.80. The van der Waals surface area contributed by atoms with Gasteiger partial charge in [-0.1, -0.05) is 25.5 Å². The molecule has 0 bridgehead atoms. The number of amides is 1. The first-order chi connectivity index (χ1) is 11.0. The van der Waals surface area contributed by atoms with Gasteiger partial charge in [0.1, 0.15) is 17.8 Å². The van der Waals surface area contributed by atoms with Crippen LogP contribution in [0.4, 0.5) is 0 Å². The summed E-state index contributed by atoms with van der Waals surface area (Å²) in [5.41, 5.74) is 6.71. The lowest BCUT2D eigenvalue weighted by Crippen LogP contribution is -2.50. The number of phenolic OH excluding ortho intramolecular Hbond substituents is 1. The van der Waals surface area contributed by atoms with Crippen molar-refractivity contribution in [2.45, 2.75) is 50.7 Å². The Bertz CT molecular complexity index is 547. The van der Waals surface area contributed by atoms with E-state index in [1.54, 1.807) is 12.1 Å². The van der Waals surface area contributed by atoms with Gasteiger partial charge in [-0.25, -0.2) is 10.2 Å². The molecule has 1 fully saturated rings. The molecule has 0 spiro atoms. The molecule has 1 aliphatic heterocycles. The Labute approximate surface area is 135 Å². The minimum atomic E-state index is -1.08. The van der Waals surface area contributed by atoms with Gasteiger partial charge in [-0.05, 0) is 30.5 Å². The molecule has 0 saturated carbocycles. The molecule has 2 unspecified atom stereocenters. The van der Waals surface area contributed by atoms with Gasteiger partial charge in [0.2, 0.25) is 5.91 Å². The Morgan fingerprint density at radius 2 is 2.00 bits per heavy atom. The number of aromatic hydroxyl groups is 1. The number of phenols is 1. The van der Waals surface area contributed by atoms with Crippen LogP contribution in [0.2, 0.25) is 0 Å². The van der Waals surface area contributed by atoms with Crippen LogP contribution in [0.3, 0.4) is 0 Å². The maximum absolute atomic E-state index is 12.2. The minimum absolute atomic E-state index is 0.118. The number of nitrogens with one attached hydrogen (secondary N) is 3. The smallest absolute Gasteiger partial charge is 0.326 e. The fourth-order valence-electron chi connectivity index (χ4n) is 2.67. The van der Waals surface area contributed by atoms with E-state index in [0.29, 0.717) is 6.42 Å². The molecule has 1 aromatic rings. The highest BCUT2D eigenvalue weighted by Crippen LogP contribution is 2.13. The van der Waals surface area contributed by atoms with E-state index in [9.17, 15) is 19.8 Å². The minimum Gasteiger partial charge on any atom is -0.508 e. The van der Waals surface area contributed by atoms with Crippen LogP contribution in [-0.2, 0) is 16.0 Å². The quantitative estimate of drug-likeness (QED) is 0.501. The predicted molar refractivity (Wildman–Crippen MR) is 84.7 cm³/mol. The van der Waals surface area contributed by atoms with Crippen LogP contribution < -0.4 is 16.2 Å². The molecule has 1 aliphatic rings. The zero-order valence-corrected chi connectivity index (χ0v) is 13.1. The third-order valence-corrected chi connectivity index (χ3v) is 3.93. The molecule has 0 aromatic heterocycles.